The number of benzene rings is 2. The third-order valence-corrected chi connectivity index (χ3v) is 3.49. The van der Waals surface area contributed by atoms with Crippen LogP contribution < -0.4 is 10.5 Å². The Kier molecular flexibility index (Phi) is 4.23. The van der Waals surface area contributed by atoms with Gasteiger partial charge in [0, 0.05) is 11.6 Å². The van der Waals surface area contributed by atoms with Crippen LogP contribution in [-0.4, -0.2) is 7.11 Å². The largest absolute Gasteiger partial charge is 0.496 e. The van der Waals surface area contributed by atoms with Gasteiger partial charge in [0.05, 0.1) is 7.11 Å². The molecule has 0 saturated carbocycles. The SMILES string of the molecule is COc1ccc(C)cc1C(N)Cc1ccccc1C. The molecule has 2 nitrogen and oxygen atoms in total. The molecule has 2 aromatic rings. The van der Waals surface area contributed by atoms with Crippen molar-refractivity contribution in [2.45, 2.75) is 26.3 Å². The topological polar surface area (TPSA) is 35.2 Å². The van der Waals surface area contributed by atoms with Crippen molar-refractivity contribution in [3.05, 3.63) is 64.7 Å². The summed E-state index contributed by atoms with van der Waals surface area (Å²) in [5.41, 5.74) is 11.2. The van der Waals surface area contributed by atoms with Crippen LogP contribution >= 0.6 is 0 Å². The number of hydrogen-bond acceptors (Lipinski definition) is 2. The number of ether oxygens (including phenoxy) is 1. The Morgan fingerprint density at radius 3 is 2.53 bits per heavy atom. The van der Waals surface area contributed by atoms with E-state index in [1.54, 1.807) is 7.11 Å². The summed E-state index contributed by atoms with van der Waals surface area (Å²) in [6.07, 6.45) is 0.826. The van der Waals surface area contributed by atoms with Crippen molar-refractivity contribution in [3.8, 4) is 5.75 Å². The molecule has 0 bridgehead atoms. The van der Waals surface area contributed by atoms with Crippen LogP contribution in [0.25, 0.3) is 0 Å². The minimum atomic E-state index is -0.0454. The Balaban J connectivity index is 2.27. The van der Waals surface area contributed by atoms with Crippen LogP contribution in [0, 0.1) is 13.8 Å². The van der Waals surface area contributed by atoms with E-state index in [1.165, 1.54) is 16.7 Å². The molecule has 0 amide bonds. The van der Waals surface area contributed by atoms with Crippen LogP contribution in [0.4, 0.5) is 0 Å². The van der Waals surface area contributed by atoms with E-state index in [0.29, 0.717) is 0 Å². The fourth-order valence-electron chi connectivity index (χ4n) is 2.33. The lowest BCUT2D eigenvalue weighted by Gasteiger charge is -2.17. The van der Waals surface area contributed by atoms with Gasteiger partial charge in [0.1, 0.15) is 5.75 Å². The molecule has 0 aromatic heterocycles. The summed E-state index contributed by atoms with van der Waals surface area (Å²) in [5.74, 6) is 0.867. The molecule has 2 heteroatoms. The highest BCUT2D eigenvalue weighted by Gasteiger charge is 2.13. The van der Waals surface area contributed by atoms with Crippen molar-refractivity contribution in [3.63, 3.8) is 0 Å². The predicted octanol–water partition coefficient (Wildman–Crippen LogP) is 3.55. The molecule has 19 heavy (non-hydrogen) atoms. The van der Waals surface area contributed by atoms with Gasteiger partial charge in [-0.05, 0) is 37.5 Å². The van der Waals surface area contributed by atoms with Crippen LogP contribution in [0.2, 0.25) is 0 Å². The van der Waals surface area contributed by atoms with E-state index in [1.807, 2.05) is 12.1 Å². The number of methoxy groups -OCH3 is 1. The Hall–Kier alpha value is -1.80. The molecule has 100 valence electrons. The minimum absolute atomic E-state index is 0.0454. The number of hydrogen-bond donors (Lipinski definition) is 1. The van der Waals surface area contributed by atoms with E-state index >= 15 is 0 Å². The molecule has 2 aromatic carbocycles. The van der Waals surface area contributed by atoms with Gasteiger partial charge in [-0.15, -0.1) is 0 Å². The first-order chi connectivity index (χ1) is 9.11. The van der Waals surface area contributed by atoms with Gasteiger partial charge in [-0.3, -0.25) is 0 Å². The molecule has 2 rings (SSSR count). The molecule has 0 aliphatic rings. The molecule has 1 atom stereocenters. The third-order valence-electron chi connectivity index (χ3n) is 3.49. The predicted molar refractivity (Wildman–Crippen MR) is 79.5 cm³/mol. The second-order valence-corrected chi connectivity index (χ2v) is 4.98. The quantitative estimate of drug-likeness (QED) is 0.906. The van der Waals surface area contributed by atoms with Crippen molar-refractivity contribution in [1.82, 2.24) is 0 Å². The molecule has 0 radical (unpaired) electrons. The number of nitrogens with two attached hydrogens (primary N) is 1. The van der Waals surface area contributed by atoms with Gasteiger partial charge in [-0.2, -0.15) is 0 Å². The maximum absolute atomic E-state index is 6.36. The smallest absolute Gasteiger partial charge is 0.123 e. The van der Waals surface area contributed by atoms with Crippen molar-refractivity contribution in [1.29, 1.82) is 0 Å². The summed E-state index contributed by atoms with van der Waals surface area (Å²) in [4.78, 5) is 0. The average Bonchev–Trinajstić information content (AvgIpc) is 2.41. The van der Waals surface area contributed by atoms with E-state index in [9.17, 15) is 0 Å². The van der Waals surface area contributed by atoms with Crippen LogP contribution in [0.15, 0.2) is 42.5 Å². The highest BCUT2D eigenvalue weighted by atomic mass is 16.5. The first kappa shape index (κ1) is 13.6. The van der Waals surface area contributed by atoms with Crippen LogP contribution in [0.1, 0.15) is 28.3 Å². The second kappa shape index (κ2) is 5.89. The van der Waals surface area contributed by atoms with Crippen molar-refractivity contribution >= 4 is 0 Å². The molecule has 1 unspecified atom stereocenters. The van der Waals surface area contributed by atoms with Crippen LogP contribution in [0.3, 0.4) is 0 Å². The summed E-state index contributed by atoms with van der Waals surface area (Å²) in [5, 5.41) is 0. The highest BCUT2D eigenvalue weighted by molar-refractivity contribution is 5.40. The third kappa shape index (κ3) is 3.15. The van der Waals surface area contributed by atoms with E-state index in [0.717, 1.165) is 17.7 Å². The summed E-state index contributed by atoms with van der Waals surface area (Å²) in [6.45, 7) is 4.19. The fourth-order valence-corrected chi connectivity index (χ4v) is 2.33. The van der Waals surface area contributed by atoms with Crippen molar-refractivity contribution < 1.29 is 4.74 Å². The Morgan fingerprint density at radius 2 is 1.84 bits per heavy atom. The zero-order chi connectivity index (χ0) is 13.8. The van der Waals surface area contributed by atoms with E-state index in [4.69, 9.17) is 10.5 Å². The molecule has 0 saturated heterocycles. The van der Waals surface area contributed by atoms with Crippen LogP contribution in [0.5, 0.6) is 5.75 Å². The molecule has 0 fully saturated rings. The molecule has 2 N–H and O–H groups in total. The lowest BCUT2D eigenvalue weighted by atomic mass is 9.95. The fraction of sp³-hybridized carbons (Fsp3) is 0.294. The van der Waals surface area contributed by atoms with Crippen LogP contribution in [-0.2, 0) is 6.42 Å². The Morgan fingerprint density at radius 1 is 1.11 bits per heavy atom. The summed E-state index contributed by atoms with van der Waals surface area (Å²) in [6, 6.07) is 14.5. The van der Waals surface area contributed by atoms with E-state index in [-0.39, 0.29) is 6.04 Å². The molecule has 0 aliphatic heterocycles. The lowest BCUT2D eigenvalue weighted by molar-refractivity contribution is 0.405. The van der Waals surface area contributed by atoms with E-state index < -0.39 is 0 Å². The highest BCUT2D eigenvalue weighted by Crippen LogP contribution is 2.27. The van der Waals surface area contributed by atoms with Gasteiger partial charge in [0.2, 0.25) is 0 Å². The first-order valence-corrected chi connectivity index (χ1v) is 6.56. The molecule has 0 heterocycles. The maximum atomic E-state index is 6.36. The Labute approximate surface area is 115 Å². The van der Waals surface area contributed by atoms with Gasteiger partial charge < -0.3 is 10.5 Å². The van der Waals surface area contributed by atoms with Crippen molar-refractivity contribution in [2.24, 2.45) is 5.73 Å². The average molecular weight is 255 g/mol. The normalized spacial score (nSPS) is 12.2. The summed E-state index contributed by atoms with van der Waals surface area (Å²) in [7, 11) is 1.69. The summed E-state index contributed by atoms with van der Waals surface area (Å²) >= 11 is 0. The van der Waals surface area contributed by atoms with Gasteiger partial charge in [-0.25, -0.2) is 0 Å². The molecular formula is C17H21NO. The first-order valence-electron chi connectivity index (χ1n) is 6.56. The van der Waals surface area contributed by atoms with Gasteiger partial charge in [-0.1, -0.05) is 42.0 Å². The minimum Gasteiger partial charge on any atom is -0.496 e. The maximum Gasteiger partial charge on any atom is 0.123 e. The number of rotatable bonds is 4. The molecule has 0 spiro atoms. The molecular weight excluding hydrogens is 234 g/mol. The lowest BCUT2D eigenvalue weighted by Crippen LogP contribution is -2.15. The van der Waals surface area contributed by atoms with Gasteiger partial charge in [0.25, 0.3) is 0 Å². The second-order valence-electron chi connectivity index (χ2n) is 4.98. The van der Waals surface area contributed by atoms with E-state index in [2.05, 4.69) is 44.2 Å². The molecule has 0 aliphatic carbocycles. The Bertz CT molecular complexity index is 563. The summed E-state index contributed by atoms with van der Waals surface area (Å²) < 4.78 is 5.41. The standard InChI is InChI=1S/C17H21NO/c1-12-8-9-17(19-3)15(10-12)16(18)11-14-7-5-4-6-13(14)2/h4-10,16H,11,18H2,1-3H3. The van der Waals surface area contributed by atoms with Gasteiger partial charge >= 0.3 is 0 Å². The monoisotopic (exact) mass is 255 g/mol. The van der Waals surface area contributed by atoms with Crippen molar-refractivity contribution in [2.75, 3.05) is 7.11 Å². The van der Waals surface area contributed by atoms with Gasteiger partial charge in [0.15, 0.2) is 0 Å². The zero-order valence-electron chi connectivity index (χ0n) is 11.8. The zero-order valence-corrected chi connectivity index (χ0v) is 11.8. The number of aryl methyl sites for hydroxylation is 2.